The van der Waals surface area contributed by atoms with Crippen LogP contribution in [0, 0.1) is 6.92 Å². The Balaban J connectivity index is 2.28. The molecule has 3 rings (SSSR count). The molecule has 0 fully saturated rings. The van der Waals surface area contributed by atoms with E-state index in [1.807, 2.05) is 0 Å². The van der Waals surface area contributed by atoms with Gasteiger partial charge >= 0.3 is 155 Å². The maximum atomic E-state index is 6.46. The Hall–Kier alpha value is -0.357. The molecule has 1 aliphatic rings. The van der Waals surface area contributed by atoms with Gasteiger partial charge in [-0.05, 0) is 0 Å². The van der Waals surface area contributed by atoms with E-state index in [2.05, 4.69) is 63.2 Å². The average Bonchev–Trinajstić information content (AvgIpc) is 2.84. The Morgan fingerprint density at radius 3 is 2.43 bits per heavy atom. The molecule has 1 unspecified atom stereocenters. The molecular weight excluding hydrogens is 402 g/mol. The summed E-state index contributed by atoms with van der Waals surface area (Å²) in [6.45, 7) is 6.61. The molecule has 23 heavy (non-hydrogen) atoms. The van der Waals surface area contributed by atoms with E-state index in [0.29, 0.717) is 3.63 Å². The monoisotopic (exact) mass is 421 g/mol. The van der Waals surface area contributed by atoms with Crippen molar-refractivity contribution in [1.29, 1.82) is 0 Å². The van der Waals surface area contributed by atoms with Gasteiger partial charge in [-0.1, -0.05) is 0 Å². The van der Waals surface area contributed by atoms with Crippen LogP contribution in [0.2, 0.25) is 0 Å². The fraction of sp³-hybridized carbons (Fsp3) is 0.300. The van der Waals surface area contributed by atoms with Crippen molar-refractivity contribution in [3.05, 3.63) is 64.2 Å². The van der Waals surface area contributed by atoms with Gasteiger partial charge < -0.3 is 0 Å². The molecule has 2 aromatic rings. The number of halogens is 2. The second-order valence-electron chi connectivity index (χ2n) is 6.28. The molecule has 0 saturated heterocycles. The third-order valence-corrected chi connectivity index (χ3v) is 10.2. The Morgan fingerprint density at radius 2 is 1.78 bits per heavy atom. The van der Waals surface area contributed by atoms with Crippen molar-refractivity contribution in [2.75, 3.05) is 0 Å². The summed E-state index contributed by atoms with van der Waals surface area (Å²) >= 11 is -2.38. The van der Waals surface area contributed by atoms with Gasteiger partial charge in [-0.15, -0.1) is 0 Å². The quantitative estimate of drug-likeness (QED) is 0.497. The standard InChI is InChI=1S/C20H21.2ClH.Zr/c1-4-7-16-10-11-17-12-14(2)13-19(17)20(16)18-9-6-5-8-15(18)3;;;/h5-6,8-13H,4,7H2,1-3H3;2*1H;/q;;;+2/p-2. The van der Waals surface area contributed by atoms with Crippen molar-refractivity contribution in [3.8, 4) is 11.1 Å². The van der Waals surface area contributed by atoms with Crippen molar-refractivity contribution >= 4 is 23.1 Å². The summed E-state index contributed by atoms with van der Waals surface area (Å²) in [6, 6.07) is 13.2. The molecule has 0 aliphatic heterocycles. The molecule has 2 aromatic carbocycles. The molecule has 1 aliphatic carbocycles. The molecule has 0 bridgehead atoms. The van der Waals surface area contributed by atoms with E-state index < -0.39 is 19.4 Å². The van der Waals surface area contributed by atoms with Gasteiger partial charge in [0.05, 0.1) is 0 Å². The molecular formula is C20H21Cl2Zr. The zero-order chi connectivity index (χ0) is 16.6. The summed E-state index contributed by atoms with van der Waals surface area (Å²) in [5, 5.41) is 0. The molecule has 1 atom stereocenters. The number of aryl methyl sites for hydroxylation is 2. The van der Waals surface area contributed by atoms with Crippen LogP contribution in [0.5, 0.6) is 0 Å². The topological polar surface area (TPSA) is 0 Å². The zero-order valence-electron chi connectivity index (χ0n) is 13.8. The van der Waals surface area contributed by atoms with Crippen molar-refractivity contribution < 1.29 is 19.4 Å². The first-order valence-electron chi connectivity index (χ1n) is 8.12. The summed E-state index contributed by atoms with van der Waals surface area (Å²) in [6.07, 6.45) is 4.57. The first-order valence-corrected chi connectivity index (χ1v) is 15.9. The van der Waals surface area contributed by atoms with Crippen molar-refractivity contribution in [3.63, 3.8) is 0 Å². The van der Waals surface area contributed by atoms with Crippen LogP contribution in [0.15, 0.2) is 42.0 Å². The van der Waals surface area contributed by atoms with Crippen LogP contribution in [-0.4, -0.2) is 0 Å². The molecule has 0 nitrogen and oxygen atoms in total. The van der Waals surface area contributed by atoms with Gasteiger partial charge in [0, 0.05) is 0 Å². The summed E-state index contributed by atoms with van der Waals surface area (Å²) in [4.78, 5) is 0. The normalized spacial score (nSPS) is 16.2. The minimum atomic E-state index is -2.38. The number of rotatable bonds is 4. The van der Waals surface area contributed by atoms with Crippen LogP contribution >= 0.6 is 17.0 Å². The Morgan fingerprint density at radius 1 is 1.04 bits per heavy atom. The SMILES string of the molecule is CCCc1ccc2c(c1-c1ccccc1C)C=C(C)[CH]2[Zr]([Cl])[Cl]. The predicted molar refractivity (Wildman–Crippen MR) is 98.7 cm³/mol. The number of benzene rings is 2. The zero-order valence-corrected chi connectivity index (χ0v) is 17.8. The second-order valence-corrected chi connectivity index (χ2v) is 15.1. The fourth-order valence-electron chi connectivity index (χ4n) is 3.58. The van der Waals surface area contributed by atoms with Crippen LogP contribution in [0.1, 0.15) is 46.1 Å². The minimum absolute atomic E-state index is 0.300. The van der Waals surface area contributed by atoms with E-state index in [4.69, 9.17) is 17.0 Å². The van der Waals surface area contributed by atoms with Crippen LogP contribution in [-0.2, 0) is 25.8 Å². The van der Waals surface area contributed by atoms with Gasteiger partial charge in [0.1, 0.15) is 0 Å². The Labute approximate surface area is 154 Å². The van der Waals surface area contributed by atoms with Gasteiger partial charge in [0.2, 0.25) is 0 Å². The van der Waals surface area contributed by atoms with Crippen LogP contribution < -0.4 is 0 Å². The summed E-state index contributed by atoms with van der Waals surface area (Å²) in [5.74, 6) is 0. The first-order chi connectivity index (χ1) is 11.0. The summed E-state index contributed by atoms with van der Waals surface area (Å²) < 4.78 is 0.300. The molecule has 0 radical (unpaired) electrons. The van der Waals surface area contributed by atoms with Gasteiger partial charge in [-0.3, -0.25) is 0 Å². The molecule has 119 valence electrons. The van der Waals surface area contributed by atoms with Crippen LogP contribution in [0.25, 0.3) is 17.2 Å². The van der Waals surface area contributed by atoms with Gasteiger partial charge in [0.25, 0.3) is 0 Å². The number of hydrogen-bond acceptors (Lipinski definition) is 0. The van der Waals surface area contributed by atoms with Crippen LogP contribution in [0.4, 0.5) is 0 Å². The van der Waals surface area contributed by atoms with E-state index in [9.17, 15) is 0 Å². The number of fused-ring (bicyclic) bond motifs is 1. The Kier molecular flexibility index (Phi) is 5.51. The number of hydrogen-bond donors (Lipinski definition) is 0. The van der Waals surface area contributed by atoms with Gasteiger partial charge in [0.15, 0.2) is 0 Å². The third kappa shape index (κ3) is 3.26. The van der Waals surface area contributed by atoms with Gasteiger partial charge in [-0.25, -0.2) is 0 Å². The molecule has 0 spiro atoms. The molecule has 0 saturated carbocycles. The van der Waals surface area contributed by atoms with E-state index in [1.54, 1.807) is 0 Å². The van der Waals surface area contributed by atoms with E-state index in [1.165, 1.54) is 39.0 Å². The summed E-state index contributed by atoms with van der Waals surface area (Å²) in [5.41, 5.74) is 9.52. The molecule has 3 heteroatoms. The molecule has 0 aromatic heterocycles. The third-order valence-electron chi connectivity index (χ3n) is 4.66. The second kappa shape index (κ2) is 7.26. The van der Waals surface area contributed by atoms with Gasteiger partial charge in [-0.2, -0.15) is 0 Å². The van der Waals surface area contributed by atoms with Crippen molar-refractivity contribution in [2.45, 2.75) is 37.2 Å². The van der Waals surface area contributed by atoms with E-state index >= 15 is 0 Å². The number of allylic oxidation sites excluding steroid dienone is 1. The molecule has 0 amide bonds. The average molecular weight is 424 g/mol. The fourth-order valence-corrected chi connectivity index (χ4v) is 9.26. The summed E-state index contributed by atoms with van der Waals surface area (Å²) in [7, 11) is 12.9. The Bertz CT molecular complexity index is 762. The van der Waals surface area contributed by atoms with Crippen molar-refractivity contribution in [2.24, 2.45) is 0 Å². The van der Waals surface area contributed by atoms with Crippen molar-refractivity contribution in [1.82, 2.24) is 0 Å². The van der Waals surface area contributed by atoms with E-state index in [-0.39, 0.29) is 0 Å². The van der Waals surface area contributed by atoms with E-state index in [0.717, 1.165) is 12.8 Å². The predicted octanol–water partition coefficient (Wildman–Crippen LogP) is 7.00. The van der Waals surface area contributed by atoms with Crippen LogP contribution in [0.3, 0.4) is 0 Å². The first kappa shape index (κ1) is 17.5. The maximum absolute atomic E-state index is 6.46. The molecule has 0 heterocycles. The molecule has 0 N–H and O–H groups in total.